The normalized spacial score (nSPS) is 11.0. The van der Waals surface area contributed by atoms with Gasteiger partial charge in [-0.2, -0.15) is 0 Å². The molecule has 0 amide bonds. The summed E-state index contributed by atoms with van der Waals surface area (Å²) in [6, 6.07) is 11.5. The second kappa shape index (κ2) is 6.04. The summed E-state index contributed by atoms with van der Waals surface area (Å²) in [7, 11) is 0. The number of hydrogen-bond acceptors (Lipinski definition) is 2. The second-order valence-corrected chi connectivity index (χ2v) is 5.92. The number of hydrogen-bond donors (Lipinski definition) is 0. The van der Waals surface area contributed by atoms with E-state index in [0.29, 0.717) is 28.6 Å². The summed E-state index contributed by atoms with van der Waals surface area (Å²) in [6.45, 7) is 5.75. The van der Waals surface area contributed by atoms with Crippen LogP contribution < -0.4 is 5.56 Å². The quantitative estimate of drug-likeness (QED) is 0.673. The van der Waals surface area contributed by atoms with Gasteiger partial charge in [-0.25, -0.2) is 4.39 Å². The molecule has 0 N–H and O–H groups in total. The average Bonchev–Trinajstić information content (AvgIpc) is 2.55. The number of Topliss-reactive ketones (excluding diaryl/α,β-unsaturated/α-hetero) is 1. The molecular formula is C20H18FNO2. The van der Waals surface area contributed by atoms with Crippen molar-refractivity contribution in [3.8, 4) is 11.3 Å². The van der Waals surface area contributed by atoms with Crippen LogP contribution in [0.25, 0.3) is 22.0 Å². The molecule has 0 fully saturated rings. The second-order valence-electron chi connectivity index (χ2n) is 5.92. The lowest BCUT2D eigenvalue weighted by Crippen LogP contribution is -2.22. The highest BCUT2D eigenvalue weighted by Gasteiger charge is 2.15. The van der Waals surface area contributed by atoms with E-state index in [4.69, 9.17) is 0 Å². The molecular weight excluding hydrogens is 305 g/mol. The third-order valence-electron chi connectivity index (χ3n) is 4.21. The van der Waals surface area contributed by atoms with Crippen molar-refractivity contribution in [2.45, 2.75) is 27.3 Å². The van der Waals surface area contributed by atoms with E-state index in [9.17, 15) is 14.0 Å². The number of rotatable bonds is 3. The van der Waals surface area contributed by atoms with Crippen LogP contribution in [-0.2, 0) is 6.54 Å². The average molecular weight is 323 g/mol. The SMILES string of the molecule is CCn1c(-c2ccc(F)cc2)cc2c(C(C)=O)cc(C)cc2c1=O. The summed E-state index contributed by atoms with van der Waals surface area (Å²) >= 11 is 0. The number of aromatic nitrogens is 1. The van der Waals surface area contributed by atoms with E-state index >= 15 is 0 Å². The standard InChI is InChI=1S/C20H18FNO2/c1-4-22-19(14-5-7-15(21)8-6-14)11-17-16(13(3)23)9-12(2)10-18(17)20(22)24/h5-11H,4H2,1-3H3. The lowest BCUT2D eigenvalue weighted by Gasteiger charge is -2.15. The van der Waals surface area contributed by atoms with Crippen LogP contribution in [0.1, 0.15) is 29.8 Å². The summed E-state index contributed by atoms with van der Waals surface area (Å²) in [6.07, 6.45) is 0. The summed E-state index contributed by atoms with van der Waals surface area (Å²) < 4.78 is 14.9. The molecule has 3 nitrogen and oxygen atoms in total. The summed E-state index contributed by atoms with van der Waals surface area (Å²) in [5, 5.41) is 1.18. The number of aryl methyl sites for hydroxylation is 1. The van der Waals surface area contributed by atoms with Gasteiger partial charge in [0.1, 0.15) is 5.82 Å². The van der Waals surface area contributed by atoms with Gasteiger partial charge in [0, 0.05) is 22.9 Å². The van der Waals surface area contributed by atoms with E-state index in [1.165, 1.54) is 19.1 Å². The van der Waals surface area contributed by atoms with Crippen LogP contribution in [0.5, 0.6) is 0 Å². The van der Waals surface area contributed by atoms with Crippen LogP contribution in [0.4, 0.5) is 4.39 Å². The van der Waals surface area contributed by atoms with Gasteiger partial charge in [0.2, 0.25) is 0 Å². The maximum absolute atomic E-state index is 13.2. The number of benzene rings is 2. The summed E-state index contributed by atoms with van der Waals surface area (Å²) in [5.74, 6) is -0.410. The fourth-order valence-corrected chi connectivity index (χ4v) is 3.06. The molecule has 3 aromatic rings. The molecule has 0 radical (unpaired) electrons. The molecule has 0 spiro atoms. The molecule has 0 saturated carbocycles. The fraction of sp³-hybridized carbons (Fsp3) is 0.200. The Morgan fingerprint density at radius 1 is 1.08 bits per heavy atom. The summed E-state index contributed by atoms with van der Waals surface area (Å²) in [4.78, 5) is 24.9. The van der Waals surface area contributed by atoms with E-state index in [1.807, 2.05) is 26.0 Å². The number of halogens is 1. The number of nitrogens with zero attached hydrogens (tertiary/aromatic N) is 1. The van der Waals surface area contributed by atoms with E-state index < -0.39 is 0 Å². The van der Waals surface area contributed by atoms with Crippen LogP contribution in [0.3, 0.4) is 0 Å². The molecule has 1 heterocycles. The van der Waals surface area contributed by atoms with Crippen molar-refractivity contribution in [1.29, 1.82) is 0 Å². The molecule has 0 unspecified atom stereocenters. The van der Waals surface area contributed by atoms with Gasteiger partial charge in [0.15, 0.2) is 5.78 Å². The third-order valence-corrected chi connectivity index (χ3v) is 4.21. The van der Waals surface area contributed by atoms with Crippen LogP contribution in [-0.4, -0.2) is 10.4 Å². The molecule has 0 aliphatic heterocycles. The highest BCUT2D eigenvalue weighted by atomic mass is 19.1. The highest BCUT2D eigenvalue weighted by Crippen LogP contribution is 2.26. The van der Waals surface area contributed by atoms with Gasteiger partial charge in [0.25, 0.3) is 5.56 Å². The fourth-order valence-electron chi connectivity index (χ4n) is 3.06. The lowest BCUT2D eigenvalue weighted by molar-refractivity contribution is 0.101. The van der Waals surface area contributed by atoms with Gasteiger partial charge in [-0.3, -0.25) is 9.59 Å². The van der Waals surface area contributed by atoms with Gasteiger partial charge in [-0.15, -0.1) is 0 Å². The van der Waals surface area contributed by atoms with Gasteiger partial charge >= 0.3 is 0 Å². The van der Waals surface area contributed by atoms with Gasteiger partial charge in [0.05, 0.1) is 5.69 Å². The first-order valence-corrected chi connectivity index (χ1v) is 7.87. The largest absolute Gasteiger partial charge is 0.308 e. The highest BCUT2D eigenvalue weighted by molar-refractivity contribution is 6.07. The zero-order valence-corrected chi connectivity index (χ0v) is 13.9. The first-order chi connectivity index (χ1) is 11.4. The zero-order chi connectivity index (χ0) is 17.4. The Morgan fingerprint density at radius 3 is 2.33 bits per heavy atom. The molecule has 4 heteroatoms. The smallest absolute Gasteiger partial charge is 0.258 e. The van der Waals surface area contributed by atoms with Crippen LogP contribution in [0.15, 0.2) is 47.3 Å². The van der Waals surface area contributed by atoms with Crippen molar-refractivity contribution < 1.29 is 9.18 Å². The van der Waals surface area contributed by atoms with E-state index in [1.54, 1.807) is 22.8 Å². The molecule has 0 aliphatic rings. The van der Waals surface area contributed by atoms with Gasteiger partial charge in [-0.05, 0) is 74.4 Å². The van der Waals surface area contributed by atoms with Gasteiger partial charge < -0.3 is 4.57 Å². The van der Waals surface area contributed by atoms with E-state index in [-0.39, 0.29) is 17.2 Å². The first-order valence-electron chi connectivity index (χ1n) is 7.87. The predicted molar refractivity (Wildman–Crippen MR) is 94.0 cm³/mol. The first kappa shape index (κ1) is 16.1. The van der Waals surface area contributed by atoms with Crippen molar-refractivity contribution in [1.82, 2.24) is 4.57 Å². The van der Waals surface area contributed by atoms with Crippen LogP contribution in [0, 0.1) is 12.7 Å². The summed E-state index contributed by atoms with van der Waals surface area (Å²) in [5.41, 5.74) is 2.70. The maximum atomic E-state index is 13.2. The minimum atomic E-state index is -0.329. The van der Waals surface area contributed by atoms with E-state index in [2.05, 4.69) is 0 Å². The van der Waals surface area contributed by atoms with Crippen LogP contribution in [0.2, 0.25) is 0 Å². The van der Waals surface area contributed by atoms with Crippen molar-refractivity contribution in [2.24, 2.45) is 0 Å². The predicted octanol–water partition coefficient (Wildman–Crippen LogP) is 4.34. The van der Waals surface area contributed by atoms with Gasteiger partial charge in [-0.1, -0.05) is 0 Å². The Morgan fingerprint density at radius 2 is 1.75 bits per heavy atom. The van der Waals surface area contributed by atoms with Crippen molar-refractivity contribution in [3.63, 3.8) is 0 Å². The number of pyridine rings is 1. The molecule has 1 aromatic heterocycles. The lowest BCUT2D eigenvalue weighted by atomic mass is 9.98. The minimum Gasteiger partial charge on any atom is -0.308 e. The molecule has 0 aliphatic carbocycles. The Kier molecular flexibility index (Phi) is 4.06. The molecule has 0 atom stereocenters. The number of fused-ring (bicyclic) bond motifs is 1. The Hall–Kier alpha value is -2.75. The topological polar surface area (TPSA) is 39.1 Å². The minimum absolute atomic E-state index is 0.0811. The molecule has 2 aromatic carbocycles. The van der Waals surface area contributed by atoms with Crippen molar-refractivity contribution in [3.05, 3.63) is 69.8 Å². The molecule has 24 heavy (non-hydrogen) atoms. The molecule has 3 rings (SSSR count). The number of carbonyl (C=O) groups is 1. The van der Waals surface area contributed by atoms with E-state index in [0.717, 1.165) is 11.1 Å². The number of carbonyl (C=O) groups excluding carboxylic acids is 1. The van der Waals surface area contributed by atoms with Crippen molar-refractivity contribution in [2.75, 3.05) is 0 Å². The third kappa shape index (κ3) is 2.64. The Labute approximate surface area is 139 Å². The Bertz CT molecular complexity index is 1000. The molecule has 0 bridgehead atoms. The molecule has 122 valence electrons. The number of ketones is 1. The Balaban J connectivity index is 2.44. The van der Waals surface area contributed by atoms with Crippen molar-refractivity contribution >= 4 is 16.6 Å². The molecule has 0 saturated heterocycles. The monoisotopic (exact) mass is 323 g/mol. The maximum Gasteiger partial charge on any atom is 0.258 e. The van der Waals surface area contributed by atoms with Crippen LogP contribution >= 0.6 is 0 Å². The zero-order valence-electron chi connectivity index (χ0n) is 13.9.